The lowest BCUT2D eigenvalue weighted by Crippen LogP contribution is -2.35. The Morgan fingerprint density at radius 2 is 1.68 bits per heavy atom. The zero-order chi connectivity index (χ0) is 18.3. The molecule has 0 heterocycles. The highest BCUT2D eigenvalue weighted by Crippen LogP contribution is 2.16. The van der Waals surface area contributed by atoms with E-state index >= 15 is 0 Å². The van der Waals surface area contributed by atoms with Crippen LogP contribution in [0.5, 0.6) is 0 Å². The summed E-state index contributed by atoms with van der Waals surface area (Å²) in [7, 11) is -3.54. The molecule has 0 saturated carbocycles. The predicted octanol–water partition coefficient (Wildman–Crippen LogP) is 3.29. The Morgan fingerprint density at radius 1 is 1.04 bits per heavy atom. The summed E-state index contributed by atoms with van der Waals surface area (Å²) in [6.45, 7) is 4.12. The SMILES string of the molecule is CC[C@H](CNS(=O)(=O)c1ccc(C)cc1)[C@H](O)CCc1ccccc1. The molecule has 0 bridgehead atoms. The van der Waals surface area contributed by atoms with Gasteiger partial charge in [-0.1, -0.05) is 55.0 Å². The summed E-state index contributed by atoms with van der Waals surface area (Å²) in [5, 5.41) is 10.4. The standard InChI is InChI=1S/C20H27NO3S/c1-3-18(20(22)14-11-17-7-5-4-6-8-17)15-21-25(23,24)19-12-9-16(2)10-13-19/h4-10,12-13,18,20-22H,3,11,14-15H2,1-2H3/t18-,20-/m1/s1. The van der Waals surface area contributed by atoms with Crippen molar-refractivity contribution >= 4 is 10.0 Å². The highest BCUT2D eigenvalue weighted by molar-refractivity contribution is 7.89. The third-order valence-corrected chi connectivity index (χ3v) is 5.95. The first-order chi connectivity index (χ1) is 11.9. The van der Waals surface area contributed by atoms with Crippen LogP contribution in [0.15, 0.2) is 59.5 Å². The summed E-state index contributed by atoms with van der Waals surface area (Å²) >= 11 is 0. The number of nitrogens with one attached hydrogen (secondary N) is 1. The average molecular weight is 362 g/mol. The van der Waals surface area contributed by atoms with Crippen molar-refractivity contribution in [3.05, 3.63) is 65.7 Å². The molecule has 0 saturated heterocycles. The van der Waals surface area contributed by atoms with E-state index in [0.717, 1.165) is 12.0 Å². The Bertz CT molecular complexity index is 742. The van der Waals surface area contributed by atoms with Gasteiger partial charge in [0.05, 0.1) is 11.0 Å². The first-order valence-electron chi connectivity index (χ1n) is 8.70. The molecule has 0 aliphatic rings. The summed E-state index contributed by atoms with van der Waals surface area (Å²) in [6, 6.07) is 16.8. The molecule has 2 aromatic carbocycles. The number of benzene rings is 2. The van der Waals surface area contributed by atoms with E-state index in [-0.39, 0.29) is 17.4 Å². The van der Waals surface area contributed by atoms with Gasteiger partial charge < -0.3 is 5.11 Å². The van der Waals surface area contributed by atoms with E-state index < -0.39 is 16.1 Å². The summed E-state index contributed by atoms with van der Waals surface area (Å²) in [4.78, 5) is 0.256. The maximum Gasteiger partial charge on any atom is 0.240 e. The topological polar surface area (TPSA) is 66.4 Å². The minimum atomic E-state index is -3.54. The summed E-state index contributed by atoms with van der Waals surface area (Å²) < 4.78 is 27.4. The van der Waals surface area contributed by atoms with Gasteiger partial charge in [-0.05, 0) is 49.8 Å². The molecule has 0 aliphatic carbocycles. The van der Waals surface area contributed by atoms with Gasteiger partial charge in [0.25, 0.3) is 0 Å². The Morgan fingerprint density at radius 3 is 2.28 bits per heavy atom. The maximum absolute atomic E-state index is 12.4. The molecule has 25 heavy (non-hydrogen) atoms. The highest BCUT2D eigenvalue weighted by Gasteiger charge is 2.21. The van der Waals surface area contributed by atoms with Crippen LogP contribution < -0.4 is 4.72 Å². The molecule has 4 nitrogen and oxygen atoms in total. The van der Waals surface area contributed by atoms with E-state index in [1.165, 1.54) is 5.56 Å². The molecule has 0 unspecified atom stereocenters. The second kappa shape index (κ2) is 9.13. The van der Waals surface area contributed by atoms with Gasteiger partial charge in [0.1, 0.15) is 0 Å². The minimum Gasteiger partial charge on any atom is -0.393 e. The summed E-state index contributed by atoms with van der Waals surface area (Å²) in [5.74, 6) is -0.107. The summed E-state index contributed by atoms with van der Waals surface area (Å²) in [5.41, 5.74) is 2.19. The monoisotopic (exact) mass is 361 g/mol. The largest absolute Gasteiger partial charge is 0.393 e. The molecule has 0 fully saturated rings. The normalized spacial score (nSPS) is 14.2. The van der Waals surface area contributed by atoms with Crippen molar-refractivity contribution in [2.45, 2.75) is 44.1 Å². The van der Waals surface area contributed by atoms with Crippen LogP contribution in [0.4, 0.5) is 0 Å². The second-order valence-electron chi connectivity index (χ2n) is 6.42. The van der Waals surface area contributed by atoms with Crippen LogP contribution in [0.3, 0.4) is 0 Å². The van der Waals surface area contributed by atoms with Gasteiger partial charge in [0.2, 0.25) is 10.0 Å². The summed E-state index contributed by atoms with van der Waals surface area (Å²) in [6.07, 6.45) is 1.58. The number of aliphatic hydroxyl groups is 1. The zero-order valence-electron chi connectivity index (χ0n) is 14.9. The van der Waals surface area contributed by atoms with E-state index in [2.05, 4.69) is 4.72 Å². The van der Waals surface area contributed by atoms with Crippen LogP contribution in [-0.4, -0.2) is 26.2 Å². The van der Waals surface area contributed by atoms with Gasteiger partial charge in [-0.2, -0.15) is 0 Å². The third kappa shape index (κ3) is 5.96. The highest BCUT2D eigenvalue weighted by atomic mass is 32.2. The van der Waals surface area contributed by atoms with Gasteiger partial charge in [0, 0.05) is 6.54 Å². The van der Waals surface area contributed by atoms with Crippen LogP contribution in [0.1, 0.15) is 30.9 Å². The first kappa shape index (κ1) is 19.6. The molecule has 0 radical (unpaired) electrons. The third-order valence-electron chi connectivity index (χ3n) is 4.51. The Balaban J connectivity index is 1.91. The van der Waals surface area contributed by atoms with Crippen molar-refractivity contribution in [3.63, 3.8) is 0 Å². The number of aryl methyl sites for hydroxylation is 2. The lowest BCUT2D eigenvalue weighted by molar-refractivity contribution is 0.0988. The van der Waals surface area contributed by atoms with E-state index in [1.807, 2.05) is 44.2 Å². The van der Waals surface area contributed by atoms with Crippen LogP contribution in [0.25, 0.3) is 0 Å². The van der Waals surface area contributed by atoms with Crippen molar-refractivity contribution in [1.82, 2.24) is 4.72 Å². The number of hydrogen-bond donors (Lipinski definition) is 2. The van der Waals surface area contributed by atoms with E-state index in [4.69, 9.17) is 0 Å². The fourth-order valence-electron chi connectivity index (χ4n) is 2.76. The molecule has 0 spiro atoms. The number of aliphatic hydroxyl groups excluding tert-OH is 1. The van der Waals surface area contributed by atoms with E-state index in [9.17, 15) is 13.5 Å². The van der Waals surface area contributed by atoms with Crippen LogP contribution in [0.2, 0.25) is 0 Å². The molecule has 0 aliphatic heterocycles. The number of hydrogen-bond acceptors (Lipinski definition) is 3. The zero-order valence-corrected chi connectivity index (χ0v) is 15.7. The molecule has 2 aromatic rings. The van der Waals surface area contributed by atoms with Crippen LogP contribution in [0, 0.1) is 12.8 Å². The van der Waals surface area contributed by atoms with E-state index in [0.29, 0.717) is 12.8 Å². The molecule has 5 heteroatoms. The van der Waals surface area contributed by atoms with Crippen molar-refractivity contribution in [2.24, 2.45) is 5.92 Å². The van der Waals surface area contributed by atoms with Crippen LogP contribution >= 0.6 is 0 Å². The fraction of sp³-hybridized carbons (Fsp3) is 0.400. The number of rotatable bonds is 9. The Labute approximate surface area is 151 Å². The molecule has 136 valence electrons. The lowest BCUT2D eigenvalue weighted by atomic mass is 9.94. The molecule has 0 aromatic heterocycles. The smallest absolute Gasteiger partial charge is 0.240 e. The first-order valence-corrected chi connectivity index (χ1v) is 10.2. The van der Waals surface area contributed by atoms with Crippen molar-refractivity contribution in [3.8, 4) is 0 Å². The van der Waals surface area contributed by atoms with Gasteiger partial charge in [-0.15, -0.1) is 0 Å². The van der Waals surface area contributed by atoms with Crippen molar-refractivity contribution < 1.29 is 13.5 Å². The minimum absolute atomic E-state index is 0.107. The van der Waals surface area contributed by atoms with Gasteiger partial charge in [0.15, 0.2) is 0 Å². The molecule has 2 rings (SSSR count). The van der Waals surface area contributed by atoms with E-state index in [1.54, 1.807) is 24.3 Å². The van der Waals surface area contributed by atoms with Gasteiger partial charge in [-0.25, -0.2) is 13.1 Å². The maximum atomic E-state index is 12.4. The van der Waals surface area contributed by atoms with Crippen molar-refractivity contribution in [1.29, 1.82) is 0 Å². The van der Waals surface area contributed by atoms with Gasteiger partial charge >= 0.3 is 0 Å². The average Bonchev–Trinajstić information content (AvgIpc) is 2.61. The fourth-order valence-corrected chi connectivity index (χ4v) is 3.86. The van der Waals surface area contributed by atoms with Crippen LogP contribution in [-0.2, 0) is 16.4 Å². The van der Waals surface area contributed by atoms with Gasteiger partial charge in [-0.3, -0.25) is 0 Å². The predicted molar refractivity (Wildman–Crippen MR) is 101 cm³/mol. The lowest BCUT2D eigenvalue weighted by Gasteiger charge is -2.22. The second-order valence-corrected chi connectivity index (χ2v) is 8.19. The molecule has 2 atom stereocenters. The quantitative estimate of drug-likeness (QED) is 0.720. The number of sulfonamides is 1. The molecular formula is C20H27NO3S. The molecule has 0 amide bonds. The molecule has 2 N–H and O–H groups in total. The van der Waals surface area contributed by atoms with Crippen molar-refractivity contribution in [2.75, 3.05) is 6.54 Å². The Kier molecular flexibility index (Phi) is 7.17. The molecular weight excluding hydrogens is 334 g/mol. The Hall–Kier alpha value is -1.69.